The number of aromatic nitrogens is 2. The van der Waals surface area contributed by atoms with Gasteiger partial charge >= 0.3 is 0 Å². The molecule has 0 amide bonds. The van der Waals surface area contributed by atoms with Crippen LogP contribution in [-0.4, -0.2) is 60.1 Å². The van der Waals surface area contributed by atoms with Gasteiger partial charge in [-0.15, -0.1) is 24.0 Å². The number of aryl methyl sites for hydroxylation is 2. The van der Waals surface area contributed by atoms with E-state index in [1.807, 2.05) is 6.07 Å². The summed E-state index contributed by atoms with van der Waals surface area (Å²) >= 11 is 0. The molecule has 2 aromatic rings. The standard InChI is InChI=1S/C21H29N7.HI/c22-20(26-19-7-6-17-4-1-5-18(17)16-19)23-10-3-11-27-12-14-28(15-13-27)21-24-8-2-9-25-21;/h2,6-9,16H,1,3-5,10-15H2,(H3,22,23,26);1H. The van der Waals surface area contributed by atoms with Crippen LogP contribution in [-0.2, 0) is 12.8 Å². The third-order valence-electron chi connectivity index (χ3n) is 5.49. The number of halogens is 1. The molecule has 2 aliphatic rings. The number of guanidine groups is 1. The lowest BCUT2D eigenvalue weighted by atomic mass is 10.1. The summed E-state index contributed by atoms with van der Waals surface area (Å²) in [6, 6.07) is 8.37. The number of nitrogens with zero attached hydrogens (tertiary/aromatic N) is 5. The molecule has 1 aliphatic carbocycles. The molecule has 156 valence electrons. The lowest BCUT2D eigenvalue weighted by Crippen LogP contribution is -2.47. The van der Waals surface area contributed by atoms with E-state index >= 15 is 0 Å². The van der Waals surface area contributed by atoms with Crippen LogP contribution in [0.15, 0.2) is 41.7 Å². The van der Waals surface area contributed by atoms with Crippen LogP contribution in [0.4, 0.5) is 11.6 Å². The lowest BCUT2D eigenvalue weighted by Gasteiger charge is -2.34. The molecule has 0 radical (unpaired) electrons. The van der Waals surface area contributed by atoms with Crippen LogP contribution in [0.2, 0.25) is 0 Å². The van der Waals surface area contributed by atoms with Crippen molar-refractivity contribution in [1.82, 2.24) is 14.9 Å². The maximum atomic E-state index is 6.06. The van der Waals surface area contributed by atoms with Crippen molar-refractivity contribution >= 4 is 41.6 Å². The largest absolute Gasteiger partial charge is 0.370 e. The van der Waals surface area contributed by atoms with E-state index in [9.17, 15) is 0 Å². The molecule has 1 aromatic heterocycles. The zero-order chi connectivity index (χ0) is 19.2. The predicted octanol–water partition coefficient (Wildman–Crippen LogP) is 2.52. The smallest absolute Gasteiger partial charge is 0.225 e. The molecule has 29 heavy (non-hydrogen) atoms. The molecule has 0 spiro atoms. The number of hydrogen-bond donors (Lipinski definition) is 2. The molecule has 1 saturated heterocycles. The van der Waals surface area contributed by atoms with E-state index < -0.39 is 0 Å². The molecule has 0 unspecified atom stereocenters. The molecule has 0 saturated carbocycles. The Morgan fingerprint density at radius 1 is 1.07 bits per heavy atom. The van der Waals surface area contributed by atoms with Crippen LogP contribution >= 0.6 is 24.0 Å². The van der Waals surface area contributed by atoms with Gasteiger partial charge in [0.15, 0.2) is 5.96 Å². The fourth-order valence-electron chi connectivity index (χ4n) is 3.96. The molecule has 2 heterocycles. The van der Waals surface area contributed by atoms with Crippen molar-refractivity contribution in [2.24, 2.45) is 10.7 Å². The first-order valence-electron chi connectivity index (χ1n) is 10.2. The minimum atomic E-state index is 0. The van der Waals surface area contributed by atoms with Crippen molar-refractivity contribution in [1.29, 1.82) is 0 Å². The number of rotatable bonds is 6. The predicted molar refractivity (Wildman–Crippen MR) is 129 cm³/mol. The lowest BCUT2D eigenvalue weighted by molar-refractivity contribution is 0.255. The minimum Gasteiger partial charge on any atom is -0.370 e. The Labute approximate surface area is 189 Å². The fraction of sp³-hybridized carbons (Fsp3) is 0.476. The van der Waals surface area contributed by atoms with Crippen LogP contribution in [0.5, 0.6) is 0 Å². The molecule has 0 bridgehead atoms. The number of aliphatic imine (C=N–C) groups is 1. The molecule has 1 aromatic carbocycles. The first kappa shape index (κ1) is 21.8. The number of fused-ring (bicyclic) bond motifs is 1. The van der Waals surface area contributed by atoms with Gasteiger partial charge in [-0.2, -0.15) is 0 Å². The number of hydrogen-bond acceptors (Lipinski definition) is 5. The highest BCUT2D eigenvalue weighted by atomic mass is 127. The Bertz CT molecular complexity index is 804. The van der Waals surface area contributed by atoms with Gasteiger partial charge in [0.1, 0.15) is 0 Å². The average molecular weight is 507 g/mol. The Hall–Kier alpha value is -1.94. The summed E-state index contributed by atoms with van der Waals surface area (Å²) in [5.41, 5.74) is 10.0. The van der Waals surface area contributed by atoms with Crippen LogP contribution in [0.1, 0.15) is 24.0 Å². The Morgan fingerprint density at radius 2 is 1.83 bits per heavy atom. The van der Waals surface area contributed by atoms with E-state index in [2.05, 4.69) is 48.3 Å². The van der Waals surface area contributed by atoms with Gasteiger partial charge < -0.3 is 16.0 Å². The monoisotopic (exact) mass is 507 g/mol. The molecule has 1 aliphatic heterocycles. The third-order valence-corrected chi connectivity index (χ3v) is 5.49. The van der Waals surface area contributed by atoms with Crippen molar-refractivity contribution in [2.45, 2.75) is 25.7 Å². The van der Waals surface area contributed by atoms with Crippen molar-refractivity contribution in [3.05, 3.63) is 47.8 Å². The first-order chi connectivity index (χ1) is 13.8. The van der Waals surface area contributed by atoms with E-state index in [4.69, 9.17) is 5.73 Å². The fourth-order valence-corrected chi connectivity index (χ4v) is 3.96. The summed E-state index contributed by atoms with van der Waals surface area (Å²) < 4.78 is 0. The molecule has 3 N–H and O–H groups in total. The number of nitrogens with two attached hydrogens (primary N) is 1. The molecule has 8 heteroatoms. The third kappa shape index (κ3) is 6.02. The van der Waals surface area contributed by atoms with Gasteiger partial charge in [0.2, 0.25) is 5.95 Å². The summed E-state index contributed by atoms with van der Waals surface area (Å²) in [6.45, 7) is 5.78. The van der Waals surface area contributed by atoms with Gasteiger partial charge in [-0.05, 0) is 55.0 Å². The number of piperazine rings is 1. The molecular formula is C21H30IN7. The summed E-state index contributed by atoms with van der Waals surface area (Å²) in [7, 11) is 0. The van der Waals surface area contributed by atoms with Crippen LogP contribution in [0.25, 0.3) is 0 Å². The van der Waals surface area contributed by atoms with E-state index in [1.165, 1.54) is 30.4 Å². The summed E-state index contributed by atoms with van der Waals surface area (Å²) in [4.78, 5) is 17.9. The zero-order valence-electron chi connectivity index (χ0n) is 16.8. The number of anilines is 2. The summed E-state index contributed by atoms with van der Waals surface area (Å²) in [6.07, 6.45) is 8.24. The number of benzene rings is 1. The Balaban J connectivity index is 0.00000240. The Morgan fingerprint density at radius 3 is 2.62 bits per heavy atom. The van der Waals surface area contributed by atoms with Gasteiger partial charge in [-0.3, -0.25) is 9.89 Å². The van der Waals surface area contributed by atoms with E-state index in [0.717, 1.165) is 57.3 Å². The normalized spacial score (nSPS) is 17.0. The van der Waals surface area contributed by atoms with Crippen LogP contribution < -0.4 is 16.0 Å². The molecule has 0 atom stereocenters. The van der Waals surface area contributed by atoms with Crippen molar-refractivity contribution in [3.63, 3.8) is 0 Å². The van der Waals surface area contributed by atoms with E-state index in [-0.39, 0.29) is 24.0 Å². The highest BCUT2D eigenvalue weighted by Gasteiger charge is 2.18. The van der Waals surface area contributed by atoms with Crippen LogP contribution in [0, 0.1) is 0 Å². The van der Waals surface area contributed by atoms with E-state index in [0.29, 0.717) is 5.96 Å². The number of nitrogens with one attached hydrogen (secondary N) is 1. The van der Waals surface area contributed by atoms with Gasteiger partial charge in [-0.25, -0.2) is 9.97 Å². The van der Waals surface area contributed by atoms with Gasteiger partial charge in [0.25, 0.3) is 0 Å². The van der Waals surface area contributed by atoms with Gasteiger partial charge in [0, 0.05) is 57.3 Å². The second kappa shape index (κ2) is 10.7. The Kier molecular flexibility index (Phi) is 8.05. The minimum absolute atomic E-state index is 0. The molecular weight excluding hydrogens is 477 g/mol. The molecule has 7 nitrogen and oxygen atoms in total. The van der Waals surface area contributed by atoms with Crippen molar-refractivity contribution in [2.75, 3.05) is 49.5 Å². The topological polar surface area (TPSA) is 82.7 Å². The van der Waals surface area contributed by atoms with Gasteiger partial charge in [-0.1, -0.05) is 6.07 Å². The second-order valence-corrected chi connectivity index (χ2v) is 7.46. The average Bonchev–Trinajstić information content (AvgIpc) is 3.20. The van der Waals surface area contributed by atoms with Crippen LogP contribution in [0.3, 0.4) is 0 Å². The highest BCUT2D eigenvalue weighted by Crippen LogP contribution is 2.24. The highest BCUT2D eigenvalue weighted by molar-refractivity contribution is 14.0. The second-order valence-electron chi connectivity index (χ2n) is 7.46. The SMILES string of the molecule is I.NC(=NCCCN1CCN(c2ncccn2)CC1)Nc1ccc2c(c1)CCC2. The van der Waals surface area contributed by atoms with Crippen molar-refractivity contribution < 1.29 is 0 Å². The zero-order valence-corrected chi connectivity index (χ0v) is 19.1. The summed E-state index contributed by atoms with van der Waals surface area (Å²) in [5, 5.41) is 3.23. The first-order valence-corrected chi connectivity index (χ1v) is 10.2. The molecule has 4 rings (SSSR count). The maximum absolute atomic E-state index is 6.06. The van der Waals surface area contributed by atoms with Gasteiger partial charge in [0.05, 0.1) is 0 Å². The molecule has 1 fully saturated rings. The summed E-state index contributed by atoms with van der Waals surface area (Å²) in [5.74, 6) is 1.33. The quantitative estimate of drug-likeness (QED) is 0.271. The maximum Gasteiger partial charge on any atom is 0.225 e. The van der Waals surface area contributed by atoms with E-state index in [1.54, 1.807) is 12.4 Å². The van der Waals surface area contributed by atoms with Crippen molar-refractivity contribution in [3.8, 4) is 0 Å².